The lowest BCUT2D eigenvalue weighted by Gasteiger charge is -2.28. The van der Waals surface area contributed by atoms with Crippen LogP contribution >= 0.6 is 0 Å². The largest absolute Gasteiger partial charge is 0.496 e. The lowest BCUT2D eigenvalue weighted by molar-refractivity contribution is -0.131. The summed E-state index contributed by atoms with van der Waals surface area (Å²) in [4.78, 5) is 30.8. The van der Waals surface area contributed by atoms with E-state index in [0.29, 0.717) is 25.3 Å². The zero-order chi connectivity index (χ0) is 27.6. The summed E-state index contributed by atoms with van der Waals surface area (Å²) in [6, 6.07) is 23.2. The minimum absolute atomic E-state index is 0. The first-order valence-electron chi connectivity index (χ1n) is 13.4. The number of aryl methyl sites for hydroxylation is 1. The summed E-state index contributed by atoms with van der Waals surface area (Å²) in [5, 5.41) is 4.22. The third-order valence-electron chi connectivity index (χ3n) is 6.78. The van der Waals surface area contributed by atoms with Gasteiger partial charge in [0.15, 0.2) is 6.61 Å². The van der Waals surface area contributed by atoms with Gasteiger partial charge in [0.2, 0.25) is 5.91 Å². The quantitative estimate of drug-likeness (QED) is 0.239. The molecule has 4 aromatic rings. The predicted molar refractivity (Wildman–Crippen MR) is 156 cm³/mol. The van der Waals surface area contributed by atoms with Gasteiger partial charge >= 0.3 is 0 Å². The van der Waals surface area contributed by atoms with Crippen LogP contribution in [0, 0.1) is 0 Å². The summed E-state index contributed by atoms with van der Waals surface area (Å²) in [6.07, 6.45) is 4.61. The maximum Gasteiger partial charge on any atom is 0.258 e. The number of carbonyl (C=O) groups is 2. The molecule has 0 fully saturated rings. The minimum Gasteiger partial charge on any atom is -0.496 e. The molecule has 4 rings (SSSR count). The first kappa shape index (κ1) is 27.8. The van der Waals surface area contributed by atoms with E-state index in [1.807, 2.05) is 72.9 Å². The molecular formula is C32H39N3O4. The maximum atomic E-state index is 13.0. The normalized spacial score (nSPS) is 11.7. The monoisotopic (exact) mass is 529 g/mol. The Hall–Kier alpha value is -4.26. The molecule has 2 N–H and O–H groups in total. The number of methoxy groups -OCH3 is 1. The van der Waals surface area contributed by atoms with E-state index in [1.165, 1.54) is 5.56 Å². The van der Waals surface area contributed by atoms with Crippen LogP contribution < -0.4 is 14.8 Å². The summed E-state index contributed by atoms with van der Waals surface area (Å²) in [6.45, 7) is 4.30. The molecule has 0 saturated carbocycles. The molecule has 7 heteroatoms. The van der Waals surface area contributed by atoms with E-state index in [1.54, 1.807) is 18.9 Å². The fraction of sp³-hybridized carbons (Fsp3) is 0.312. The van der Waals surface area contributed by atoms with E-state index in [0.717, 1.165) is 40.6 Å². The van der Waals surface area contributed by atoms with E-state index in [2.05, 4.69) is 23.3 Å². The van der Waals surface area contributed by atoms with Crippen molar-refractivity contribution < 1.29 is 20.5 Å². The number of para-hydroxylation sites is 2. The van der Waals surface area contributed by atoms with Crippen molar-refractivity contribution >= 4 is 22.7 Å². The van der Waals surface area contributed by atoms with Crippen LogP contribution in [0.2, 0.25) is 0 Å². The van der Waals surface area contributed by atoms with E-state index in [4.69, 9.17) is 9.47 Å². The van der Waals surface area contributed by atoms with Gasteiger partial charge in [-0.3, -0.25) is 9.59 Å². The molecule has 1 unspecified atom stereocenters. The number of nitrogens with one attached hydrogen (secondary N) is 2. The van der Waals surface area contributed by atoms with Crippen LogP contribution in [0.4, 0.5) is 0 Å². The molecule has 0 spiro atoms. The van der Waals surface area contributed by atoms with Crippen molar-refractivity contribution in [2.75, 3.05) is 20.3 Å². The zero-order valence-corrected chi connectivity index (χ0v) is 22.9. The van der Waals surface area contributed by atoms with Crippen LogP contribution in [-0.2, 0) is 29.0 Å². The molecule has 0 saturated heterocycles. The Bertz CT molecular complexity index is 1390. The van der Waals surface area contributed by atoms with Gasteiger partial charge in [0.05, 0.1) is 13.2 Å². The van der Waals surface area contributed by atoms with Gasteiger partial charge in [-0.15, -0.1) is 0 Å². The summed E-state index contributed by atoms with van der Waals surface area (Å²) >= 11 is 0. The van der Waals surface area contributed by atoms with Crippen molar-refractivity contribution in [1.29, 1.82) is 0 Å². The van der Waals surface area contributed by atoms with Gasteiger partial charge in [0.1, 0.15) is 11.5 Å². The fourth-order valence-electron chi connectivity index (χ4n) is 4.80. The van der Waals surface area contributed by atoms with E-state index in [9.17, 15) is 9.59 Å². The van der Waals surface area contributed by atoms with Gasteiger partial charge in [-0.25, -0.2) is 0 Å². The Balaban J connectivity index is 0.00000441. The van der Waals surface area contributed by atoms with Crippen molar-refractivity contribution in [2.45, 2.75) is 45.7 Å². The van der Waals surface area contributed by atoms with Crippen LogP contribution in [0.5, 0.6) is 11.5 Å². The highest BCUT2D eigenvalue weighted by molar-refractivity contribution is 5.83. The first-order chi connectivity index (χ1) is 19.0. The number of rotatable bonds is 13. The van der Waals surface area contributed by atoms with Crippen molar-refractivity contribution in [3.63, 3.8) is 0 Å². The third-order valence-corrected chi connectivity index (χ3v) is 6.78. The summed E-state index contributed by atoms with van der Waals surface area (Å²) < 4.78 is 11.3. The van der Waals surface area contributed by atoms with Crippen LogP contribution in [0.15, 0.2) is 79.0 Å². The summed E-state index contributed by atoms with van der Waals surface area (Å²) in [5.74, 6) is 1.06. The van der Waals surface area contributed by atoms with Gasteiger partial charge in [-0.05, 0) is 48.2 Å². The number of fused-ring (bicyclic) bond motifs is 1. The Morgan fingerprint density at radius 1 is 1.00 bits per heavy atom. The van der Waals surface area contributed by atoms with E-state index in [-0.39, 0.29) is 25.9 Å². The third kappa shape index (κ3) is 7.63. The highest BCUT2D eigenvalue weighted by Crippen LogP contribution is 2.22. The second-order valence-corrected chi connectivity index (χ2v) is 9.72. The lowest BCUT2D eigenvalue weighted by Crippen LogP contribution is -2.47. The molecule has 3 aromatic carbocycles. The van der Waals surface area contributed by atoms with Gasteiger partial charge < -0.3 is 24.7 Å². The Morgan fingerprint density at radius 2 is 1.74 bits per heavy atom. The molecule has 0 radical (unpaired) electrons. The van der Waals surface area contributed by atoms with Crippen LogP contribution in [-0.4, -0.2) is 48.0 Å². The number of nitrogens with zero attached hydrogens (tertiary/aromatic N) is 1. The summed E-state index contributed by atoms with van der Waals surface area (Å²) in [5.41, 5.74) is 4.25. The highest BCUT2D eigenvalue weighted by atomic mass is 16.5. The molecule has 1 heterocycles. The number of ether oxygens (including phenoxy) is 2. The van der Waals surface area contributed by atoms with Gasteiger partial charge in [0, 0.05) is 44.1 Å². The molecule has 1 aromatic heterocycles. The van der Waals surface area contributed by atoms with Crippen molar-refractivity contribution in [1.82, 2.24) is 15.2 Å². The maximum absolute atomic E-state index is 13.0. The number of benzene rings is 3. The molecule has 0 aliphatic rings. The van der Waals surface area contributed by atoms with Crippen molar-refractivity contribution in [2.24, 2.45) is 0 Å². The van der Waals surface area contributed by atoms with Gasteiger partial charge in [-0.2, -0.15) is 0 Å². The Kier molecular flexibility index (Phi) is 9.62. The smallest absolute Gasteiger partial charge is 0.258 e. The molecule has 206 valence electrons. The molecule has 2 amide bonds. The average Bonchev–Trinajstić information content (AvgIpc) is 3.35. The van der Waals surface area contributed by atoms with Crippen molar-refractivity contribution in [3.8, 4) is 11.5 Å². The van der Waals surface area contributed by atoms with E-state index >= 15 is 0 Å². The van der Waals surface area contributed by atoms with Crippen LogP contribution in [0.1, 0.15) is 38.4 Å². The zero-order valence-electron chi connectivity index (χ0n) is 22.9. The number of aromatic amines is 1. The number of H-pyrrole nitrogens is 1. The second kappa shape index (κ2) is 13.5. The SMILES string of the molecule is CCCc1ccc(OCC(=O)NC(Cc2c[nH]c3ccccc23)CN(Cc2ccccc2OC)C(C)=O)cc1.[HH]. The van der Waals surface area contributed by atoms with Crippen LogP contribution in [0.3, 0.4) is 0 Å². The molecular weight excluding hydrogens is 490 g/mol. The summed E-state index contributed by atoms with van der Waals surface area (Å²) in [7, 11) is 1.62. The number of hydrogen-bond acceptors (Lipinski definition) is 4. The number of aromatic nitrogens is 1. The van der Waals surface area contributed by atoms with Crippen LogP contribution in [0.25, 0.3) is 10.9 Å². The fourth-order valence-corrected chi connectivity index (χ4v) is 4.80. The predicted octanol–water partition coefficient (Wildman–Crippen LogP) is 5.53. The molecule has 39 heavy (non-hydrogen) atoms. The molecule has 0 aliphatic heterocycles. The number of hydrogen-bond donors (Lipinski definition) is 2. The van der Waals surface area contributed by atoms with Gasteiger partial charge in [0.25, 0.3) is 5.91 Å². The first-order valence-corrected chi connectivity index (χ1v) is 13.4. The second-order valence-electron chi connectivity index (χ2n) is 9.72. The Labute approximate surface area is 231 Å². The lowest BCUT2D eigenvalue weighted by atomic mass is 10.0. The molecule has 0 aliphatic carbocycles. The Morgan fingerprint density at radius 3 is 2.49 bits per heavy atom. The number of amides is 2. The van der Waals surface area contributed by atoms with E-state index < -0.39 is 0 Å². The highest BCUT2D eigenvalue weighted by Gasteiger charge is 2.22. The molecule has 1 atom stereocenters. The van der Waals surface area contributed by atoms with Crippen molar-refractivity contribution in [3.05, 3.63) is 95.7 Å². The minimum atomic E-state index is -0.328. The van der Waals surface area contributed by atoms with Gasteiger partial charge in [-0.1, -0.05) is 61.9 Å². The standard InChI is InChI=1S/C32H37N3O4.H2/c1-4-9-24-14-16-28(17-15-24)39-22-32(37)34-27(18-26-19-33-30-12-7-6-11-29(26)30)21-35(23(2)36)20-25-10-5-8-13-31(25)38-3;/h5-8,10-17,19,27,33H,4,9,18,20-22H2,1-3H3,(H,34,37);1H. The molecule has 7 nitrogen and oxygen atoms in total. The molecule has 0 bridgehead atoms. The topological polar surface area (TPSA) is 83.7 Å². The average molecular weight is 530 g/mol. The number of carbonyl (C=O) groups excluding carboxylic acids is 2.